The van der Waals surface area contributed by atoms with Crippen LogP contribution < -0.4 is 5.32 Å². The summed E-state index contributed by atoms with van der Waals surface area (Å²) >= 11 is 0. The maximum Gasteiger partial charge on any atom is 0.251 e. The summed E-state index contributed by atoms with van der Waals surface area (Å²) in [5, 5.41) is 12.2. The van der Waals surface area contributed by atoms with E-state index in [2.05, 4.69) is 21.6 Å². The molecule has 0 atom stereocenters. The molecule has 3 N–H and O–H groups in total. The first-order valence-corrected chi connectivity index (χ1v) is 7.93. The molecule has 0 saturated carbocycles. The average Bonchev–Trinajstić information content (AvgIpc) is 3.21. The van der Waals surface area contributed by atoms with Crippen LogP contribution in [0.15, 0.2) is 36.5 Å². The van der Waals surface area contributed by atoms with E-state index in [9.17, 15) is 4.79 Å². The van der Waals surface area contributed by atoms with E-state index in [1.165, 1.54) is 0 Å². The van der Waals surface area contributed by atoms with E-state index < -0.39 is 0 Å². The summed E-state index contributed by atoms with van der Waals surface area (Å²) in [6, 6.07) is 9.73. The topological polar surface area (TPSA) is 82.8 Å². The fourth-order valence-corrected chi connectivity index (χ4v) is 3.01. The number of aromatic amines is 2. The van der Waals surface area contributed by atoms with Crippen LogP contribution in [0.5, 0.6) is 0 Å². The van der Waals surface area contributed by atoms with Crippen LogP contribution in [0.1, 0.15) is 16.8 Å². The van der Waals surface area contributed by atoms with Gasteiger partial charge < -0.3 is 15.2 Å². The molecular formula is C18H18N4O2. The first-order chi connectivity index (χ1) is 11.8. The van der Waals surface area contributed by atoms with Gasteiger partial charge in [0.1, 0.15) is 0 Å². The quantitative estimate of drug-likeness (QED) is 0.494. The molecule has 122 valence electrons. The second kappa shape index (κ2) is 5.98. The van der Waals surface area contributed by atoms with Crippen molar-refractivity contribution in [3.8, 4) is 0 Å². The normalized spacial score (nSPS) is 11.5. The van der Waals surface area contributed by atoms with Gasteiger partial charge in [0.05, 0.1) is 16.6 Å². The van der Waals surface area contributed by atoms with Crippen molar-refractivity contribution in [3.63, 3.8) is 0 Å². The molecule has 0 aliphatic heterocycles. The number of amides is 1. The third kappa shape index (κ3) is 2.41. The van der Waals surface area contributed by atoms with Crippen LogP contribution in [0.3, 0.4) is 0 Å². The average molecular weight is 322 g/mol. The number of nitrogens with zero attached hydrogens (tertiary/aromatic N) is 1. The van der Waals surface area contributed by atoms with E-state index in [-0.39, 0.29) is 5.91 Å². The maximum atomic E-state index is 12.3. The van der Waals surface area contributed by atoms with Gasteiger partial charge in [-0.3, -0.25) is 9.89 Å². The van der Waals surface area contributed by atoms with Crippen molar-refractivity contribution in [2.24, 2.45) is 0 Å². The molecule has 0 radical (unpaired) electrons. The number of ether oxygens (including phenoxy) is 1. The molecule has 24 heavy (non-hydrogen) atoms. The highest BCUT2D eigenvalue weighted by atomic mass is 16.5. The Morgan fingerprint density at radius 1 is 1.25 bits per heavy atom. The Kier molecular flexibility index (Phi) is 3.66. The van der Waals surface area contributed by atoms with E-state index in [0.717, 1.165) is 39.1 Å². The number of hydrogen-bond donors (Lipinski definition) is 3. The van der Waals surface area contributed by atoms with Gasteiger partial charge in [-0.15, -0.1) is 0 Å². The monoisotopic (exact) mass is 322 g/mol. The zero-order valence-corrected chi connectivity index (χ0v) is 13.3. The van der Waals surface area contributed by atoms with Crippen LogP contribution >= 0.6 is 0 Å². The molecule has 2 aromatic carbocycles. The number of methoxy groups -OCH3 is 1. The number of hydrogen-bond acceptors (Lipinski definition) is 3. The Morgan fingerprint density at radius 2 is 2.17 bits per heavy atom. The predicted molar refractivity (Wildman–Crippen MR) is 94.3 cm³/mol. The Hall–Kier alpha value is -2.86. The van der Waals surface area contributed by atoms with Gasteiger partial charge in [0, 0.05) is 48.2 Å². The van der Waals surface area contributed by atoms with Gasteiger partial charge >= 0.3 is 0 Å². The smallest absolute Gasteiger partial charge is 0.251 e. The minimum Gasteiger partial charge on any atom is -0.385 e. The number of nitrogens with one attached hydrogen (secondary N) is 3. The maximum absolute atomic E-state index is 12.3. The fourth-order valence-electron chi connectivity index (χ4n) is 3.01. The lowest BCUT2D eigenvalue weighted by Crippen LogP contribution is -2.25. The third-order valence-electron chi connectivity index (χ3n) is 4.23. The summed E-state index contributed by atoms with van der Waals surface area (Å²) in [6.45, 7) is 1.24. The van der Waals surface area contributed by atoms with Crippen molar-refractivity contribution in [2.45, 2.75) is 6.42 Å². The molecule has 0 saturated heterocycles. The molecule has 0 fully saturated rings. The van der Waals surface area contributed by atoms with Crippen LogP contribution in [0.4, 0.5) is 0 Å². The molecule has 4 aromatic rings. The Morgan fingerprint density at radius 3 is 3.04 bits per heavy atom. The standard InChI is InChI=1S/C18H18N4O2/c1-24-8-2-7-19-18(23)11-4-6-15-14(9-11)13-5-3-12-10-20-22-16(12)17(13)21-15/h3-6,9-10,20,22H,2,7-8H2,1H3,(H,19,23). The molecule has 0 aliphatic carbocycles. The number of carbonyl (C=O) groups excluding carboxylic acids is 1. The molecule has 4 rings (SSSR count). The first kappa shape index (κ1) is 14.7. The Labute approximate surface area is 138 Å². The largest absolute Gasteiger partial charge is 0.385 e. The number of benzene rings is 2. The summed E-state index contributed by atoms with van der Waals surface area (Å²) < 4.78 is 4.99. The summed E-state index contributed by atoms with van der Waals surface area (Å²) in [6.07, 6.45) is 2.71. The first-order valence-electron chi connectivity index (χ1n) is 7.93. The Bertz CT molecular complexity index is 1030. The van der Waals surface area contributed by atoms with Crippen molar-refractivity contribution >= 4 is 38.6 Å². The van der Waals surface area contributed by atoms with Crippen molar-refractivity contribution in [1.29, 1.82) is 0 Å². The molecular weight excluding hydrogens is 304 g/mol. The third-order valence-corrected chi connectivity index (χ3v) is 4.23. The molecule has 6 heteroatoms. The molecule has 2 aromatic heterocycles. The van der Waals surface area contributed by atoms with Crippen molar-refractivity contribution in [3.05, 3.63) is 42.1 Å². The van der Waals surface area contributed by atoms with Gasteiger partial charge in [-0.25, -0.2) is 4.98 Å². The number of aromatic nitrogens is 3. The molecule has 6 nitrogen and oxygen atoms in total. The minimum atomic E-state index is -0.0726. The number of carbonyl (C=O) groups is 1. The molecule has 1 amide bonds. The van der Waals surface area contributed by atoms with Crippen molar-refractivity contribution < 1.29 is 9.53 Å². The van der Waals surface area contributed by atoms with Crippen molar-refractivity contribution in [2.75, 3.05) is 20.3 Å². The van der Waals surface area contributed by atoms with Gasteiger partial charge in [-0.1, -0.05) is 12.1 Å². The molecule has 0 bridgehead atoms. The molecule has 0 aliphatic rings. The summed E-state index contributed by atoms with van der Waals surface area (Å²) in [4.78, 5) is 17.0. The second-order valence-electron chi connectivity index (χ2n) is 5.79. The van der Waals surface area contributed by atoms with E-state index in [4.69, 9.17) is 9.72 Å². The summed E-state index contributed by atoms with van der Waals surface area (Å²) in [5.41, 5.74) is 3.44. The predicted octanol–water partition coefficient (Wildman–Crippen LogP) is 2.96. The zero-order chi connectivity index (χ0) is 16.5. The summed E-state index contributed by atoms with van der Waals surface area (Å²) in [5.74, 6) is -0.0726. The lowest BCUT2D eigenvalue weighted by atomic mass is 10.1. The highest BCUT2D eigenvalue weighted by molar-refractivity contribution is 6.16. The van der Waals surface area contributed by atoms with Crippen LogP contribution in [-0.2, 0) is 4.74 Å². The fraction of sp³-hybridized carbons (Fsp3) is 0.222. The molecule has 0 unspecified atom stereocenters. The van der Waals surface area contributed by atoms with Gasteiger partial charge in [-0.2, -0.15) is 0 Å². The van der Waals surface area contributed by atoms with Gasteiger partial charge in [0.15, 0.2) is 0 Å². The van der Waals surface area contributed by atoms with E-state index in [1.807, 2.05) is 30.5 Å². The number of H-pyrrole nitrogens is 2. The van der Waals surface area contributed by atoms with Gasteiger partial charge in [0.2, 0.25) is 0 Å². The Balaban J connectivity index is 1.71. The lowest BCUT2D eigenvalue weighted by Gasteiger charge is -2.05. The molecule has 0 spiro atoms. The van der Waals surface area contributed by atoms with Crippen LogP contribution in [0, 0.1) is 0 Å². The lowest BCUT2D eigenvalue weighted by molar-refractivity contribution is 0.0949. The highest BCUT2D eigenvalue weighted by Crippen LogP contribution is 2.30. The highest BCUT2D eigenvalue weighted by Gasteiger charge is 2.12. The van der Waals surface area contributed by atoms with E-state index in [0.29, 0.717) is 18.7 Å². The van der Waals surface area contributed by atoms with Crippen LogP contribution in [0.25, 0.3) is 32.7 Å². The zero-order valence-electron chi connectivity index (χ0n) is 13.3. The van der Waals surface area contributed by atoms with E-state index >= 15 is 0 Å². The SMILES string of the molecule is COCCCNC(=O)c1ccc2nc3c(ccc4c[nH][nH]c43)c2c1. The minimum absolute atomic E-state index is 0.0726. The van der Waals surface area contributed by atoms with Gasteiger partial charge in [-0.05, 0) is 24.6 Å². The van der Waals surface area contributed by atoms with Crippen LogP contribution in [-0.4, -0.2) is 41.3 Å². The van der Waals surface area contributed by atoms with E-state index in [1.54, 1.807) is 7.11 Å². The number of fused-ring (bicyclic) bond motifs is 5. The van der Waals surface area contributed by atoms with Crippen LogP contribution in [0.2, 0.25) is 0 Å². The molecule has 2 heterocycles. The summed E-state index contributed by atoms with van der Waals surface area (Å²) in [7, 11) is 1.65. The number of rotatable bonds is 5. The van der Waals surface area contributed by atoms with Gasteiger partial charge in [0.25, 0.3) is 5.91 Å². The van der Waals surface area contributed by atoms with Crippen molar-refractivity contribution in [1.82, 2.24) is 20.5 Å². The second-order valence-corrected chi connectivity index (χ2v) is 5.79.